The van der Waals surface area contributed by atoms with Gasteiger partial charge in [-0.3, -0.25) is 5.32 Å². The van der Waals surface area contributed by atoms with Crippen molar-refractivity contribution >= 4 is 0 Å². The topological polar surface area (TPSA) is 45.0 Å². The second kappa shape index (κ2) is 5.84. The zero-order valence-corrected chi connectivity index (χ0v) is 10.9. The van der Waals surface area contributed by atoms with E-state index in [1.54, 1.807) is 0 Å². The Labute approximate surface area is 105 Å². The van der Waals surface area contributed by atoms with Crippen LogP contribution in [0.4, 0.5) is 0 Å². The first-order chi connectivity index (χ1) is 8.30. The molecule has 0 aromatic rings. The van der Waals surface area contributed by atoms with Crippen LogP contribution in [0.2, 0.25) is 0 Å². The molecule has 2 saturated carbocycles. The number of nitriles is 1. The Kier molecular flexibility index (Phi) is 4.42. The summed E-state index contributed by atoms with van der Waals surface area (Å²) in [5, 5.41) is 12.8. The van der Waals surface area contributed by atoms with Gasteiger partial charge in [-0.2, -0.15) is 5.26 Å². The zero-order chi connectivity index (χ0) is 12.1. The molecule has 3 heteroatoms. The van der Waals surface area contributed by atoms with E-state index in [2.05, 4.69) is 18.3 Å². The summed E-state index contributed by atoms with van der Waals surface area (Å²) in [6.07, 6.45) is 7.09. The average molecular weight is 236 g/mol. The van der Waals surface area contributed by atoms with Gasteiger partial charge in [-0.25, -0.2) is 0 Å². The first kappa shape index (κ1) is 12.9. The standard InChI is InChI=1S/C14H24N2O/c1-2-16-14(11-15)8-3-4-13(14)7-9-17-10-12-5-6-12/h12-13,16H,2-10H2,1H3. The normalized spacial score (nSPS) is 32.6. The van der Waals surface area contributed by atoms with Crippen LogP contribution in [0.1, 0.15) is 45.4 Å². The molecule has 0 amide bonds. The molecular formula is C14H24N2O. The van der Waals surface area contributed by atoms with Crippen LogP contribution in [-0.2, 0) is 4.74 Å². The molecule has 0 spiro atoms. The Morgan fingerprint density at radius 3 is 2.88 bits per heavy atom. The Morgan fingerprint density at radius 2 is 2.24 bits per heavy atom. The molecule has 2 rings (SSSR count). The van der Waals surface area contributed by atoms with E-state index < -0.39 is 0 Å². The van der Waals surface area contributed by atoms with Crippen molar-refractivity contribution in [2.24, 2.45) is 11.8 Å². The van der Waals surface area contributed by atoms with Crippen molar-refractivity contribution in [1.29, 1.82) is 5.26 Å². The number of hydrogen-bond acceptors (Lipinski definition) is 3. The van der Waals surface area contributed by atoms with Gasteiger partial charge < -0.3 is 4.74 Å². The highest BCUT2D eigenvalue weighted by Gasteiger charge is 2.42. The fourth-order valence-electron chi connectivity index (χ4n) is 2.96. The lowest BCUT2D eigenvalue weighted by atomic mass is 9.86. The fourth-order valence-corrected chi connectivity index (χ4v) is 2.96. The minimum absolute atomic E-state index is 0.266. The van der Waals surface area contributed by atoms with Crippen molar-refractivity contribution in [2.75, 3.05) is 19.8 Å². The van der Waals surface area contributed by atoms with Gasteiger partial charge in [0.2, 0.25) is 0 Å². The molecule has 2 atom stereocenters. The number of ether oxygens (including phenoxy) is 1. The summed E-state index contributed by atoms with van der Waals surface area (Å²) in [6.45, 7) is 4.73. The first-order valence-corrected chi connectivity index (χ1v) is 7.05. The molecule has 2 unspecified atom stereocenters. The van der Waals surface area contributed by atoms with Gasteiger partial charge in [0.05, 0.1) is 6.07 Å². The lowest BCUT2D eigenvalue weighted by Crippen LogP contribution is -2.47. The predicted octanol–water partition coefficient (Wildman–Crippen LogP) is 2.48. The quantitative estimate of drug-likeness (QED) is 0.691. The molecule has 2 fully saturated rings. The number of rotatable bonds is 7. The summed E-state index contributed by atoms with van der Waals surface area (Å²) in [5.41, 5.74) is -0.266. The Balaban J connectivity index is 1.74. The monoisotopic (exact) mass is 236 g/mol. The van der Waals surface area contributed by atoms with Gasteiger partial charge in [-0.15, -0.1) is 0 Å². The van der Waals surface area contributed by atoms with Gasteiger partial charge in [-0.05, 0) is 50.5 Å². The van der Waals surface area contributed by atoms with Gasteiger partial charge in [-0.1, -0.05) is 13.3 Å². The van der Waals surface area contributed by atoms with E-state index in [1.807, 2.05) is 0 Å². The minimum atomic E-state index is -0.266. The van der Waals surface area contributed by atoms with Gasteiger partial charge in [0.15, 0.2) is 0 Å². The highest BCUT2D eigenvalue weighted by Crippen LogP contribution is 2.37. The highest BCUT2D eigenvalue weighted by atomic mass is 16.5. The van der Waals surface area contributed by atoms with Crippen LogP contribution >= 0.6 is 0 Å². The van der Waals surface area contributed by atoms with Crippen LogP contribution in [0.15, 0.2) is 0 Å². The molecule has 0 aromatic heterocycles. The van der Waals surface area contributed by atoms with E-state index >= 15 is 0 Å². The molecule has 2 aliphatic carbocycles. The maximum absolute atomic E-state index is 9.42. The molecule has 3 nitrogen and oxygen atoms in total. The maximum atomic E-state index is 9.42. The van der Waals surface area contributed by atoms with Crippen molar-refractivity contribution in [3.05, 3.63) is 0 Å². The first-order valence-electron chi connectivity index (χ1n) is 7.05. The summed E-state index contributed by atoms with van der Waals surface area (Å²) < 4.78 is 5.70. The predicted molar refractivity (Wildman–Crippen MR) is 67.5 cm³/mol. The molecular weight excluding hydrogens is 212 g/mol. The fraction of sp³-hybridized carbons (Fsp3) is 0.929. The van der Waals surface area contributed by atoms with Gasteiger partial charge >= 0.3 is 0 Å². The second-order valence-electron chi connectivity index (χ2n) is 5.51. The van der Waals surface area contributed by atoms with E-state index in [0.29, 0.717) is 5.92 Å². The summed E-state index contributed by atoms with van der Waals surface area (Å²) in [6, 6.07) is 2.52. The highest BCUT2D eigenvalue weighted by molar-refractivity contribution is 5.13. The molecule has 17 heavy (non-hydrogen) atoms. The Morgan fingerprint density at radius 1 is 1.41 bits per heavy atom. The molecule has 96 valence electrons. The van der Waals surface area contributed by atoms with E-state index in [-0.39, 0.29) is 5.54 Å². The van der Waals surface area contributed by atoms with Crippen LogP contribution in [0.5, 0.6) is 0 Å². The molecule has 0 aromatic carbocycles. The van der Waals surface area contributed by atoms with Crippen molar-refractivity contribution in [3.63, 3.8) is 0 Å². The van der Waals surface area contributed by atoms with Gasteiger partial charge in [0.1, 0.15) is 5.54 Å². The second-order valence-corrected chi connectivity index (χ2v) is 5.51. The van der Waals surface area contributed by atoms with Crippen molar-refractivity contribution < 1.29 is 4.74 Å². The summed E-state index contributed by atoms with van der Waals surface area (Å²) in [4.78, 5) is 0. The molecule has 2 aliphatic rings. The van der Waals surface area contributed by atoms with E-state index in [4.69, 9.17) is 4.74 Å². The van der Waals surface area contributed by atoms with Crippen LogP contribution in [0.25, 0.3) is 0 Å². The largest absolute Gasteiger partial charge is 0.381 e. The molecule has 0 aliphatic heterocycles. The average Bonchev–Trinajstić information content (AvgIpc) is 3.08. The third kappa shape index (κ3) is 3.20. The SMILES string of the molecule is CCNC1(C#N)CCCC1CCOCC1CC1. The maximum Gasteiger partial charge on any atom is 0.109 e. The smallest absolute Gasteiger partial charge is 0.109 e. The Hall–Kier alpha value is -0.590. The van der Waals surface area contributed by atoms with E-state index in [0.717, 1.165) is 38.5 Å². The van der Waals surface area contributed by atoms with Crippen molar-refractivity contribution in [2.45, 2.75) is 51.0 Å². The lowest BCUT2D eigenvalue weighted by molar-refractivity contribution is 0.103. The van der Waals surface area contributed by atoms with Crippen LogP contribution in [-0.4, -0.2) is 25.3 Å². The number of nitrogens with one attached hydrogen (secondary N) is 1. The molecule has 0 bridgehead atoms. The van der Waals surface area contributed by atoms with Crippen LogP contribution in [0.3, 0.4) is 0 Å². The zero-order valence-electron chi connectivity index (χ0n) is 10.9. The third-order valence-corrected chi connectivity index (χ3v) is 4.17. The minimum Gasteiger partial charge on any atom is -0.381 e. The number of hydrogen-bond donors (Lipinski definition) is 1. The summed E-state index contributed by atoms with van der Waals surface area (Å²) in [7, 11) is 0. The van der Waals surface area contributed by atoms with Crippen LogP contribution in [0, 0.1) is 23.2 Å². The Bertz CT molecular complexity index is 282. The molecule has 0 saturated heterocycles. The lowest BCUT2D eigenvalue weighted by Gasteiger charge is -2.29. The van der Waals surface area contributed by atoms with Gasteiger partial charge in [0.25, 0.3) is 0 Å². The molecule has 0 heterocycles. The summed E-state index contributed by atoms with van der Waals surface area (Å²) >= 11 is 0. The van der Waals surface area contributed by atoms with E-state index in [9.17, 15) is 5.26 Å². The number of nitrogens with zero attached hydrogens (tertiary/aromatic N) is 1. The third-order valence-electron chi connectivity index (χ3n) is 4.17. The van der Waals surface area contributed by atoms with E-state index in [1.165, 1.54) is 25.7 Å². The van der Waals surface area contributed by atoms with Crippen LogP contribution < -0.4 is 5.32 Å². The molecule has 1 N–H and O–H groups in total. The van der Waals surface area contributed by atoms with Crippen molar-refractivity contribution in [3.8, 4) is 6.07 Å². The summed E-state index contributed by atoms with van der Waals surface area (Å²) in [5.74, 6) is 1.32. The van der Waals surface area contributed by atoms with Gasteiger partial charge in [0, 0.05) is 13.2 Å². The molecule has 0 radical (unpaired) electrons. The van der Waals surface area contributed by atoms with Crippen molar-refractivity contribution in [1.82, 2.24) is 5.32 Å².